The van der Waals surface area contributed by atoms with Gasteiger partial charge in [0.05, 0.1) is 0 Å². The average Bonchev–Trinajstić information content (AvgIpc) is 3.36. The zero-order chi connectivity index (χ0) is 44.5. The van der Waals surface area contributed by atoms with Gasteiger partial charge in [-0.25, -0.2) is 0 Å². The summed E-state index contributed by atoms with van der Waals surface area (Å²) >= 11 is -0.226. The van der Waals surface area contributed by atoms with Gasteiger partial charge in [0.15, 0.2) is 0 Å². The third-order valence-electron chi connectivity index (χ3n) is 11.4. The molecule has 11 heteroatoms. The van der Waals surface area contributed by atoms with Crippen molar-refractivity contribution in [1.29, 1.82) is 0 Å². The maximum atomic E-state index is 12.2. The second-order valence-electron chi connectivity index (χ2n) is 16.1. The molecule has 0 amide bonds. The summed E-state index contributed by atoms with van der Waals surface area (Å²) in [6.07, 6.45) is -6.85. The molecule has 8 rings (SSSR count). The Morgan fingerprint density at radius 2 is 0.815 bits per heavy atom. The summed E-state index contributed by atoms with van der Waals surface area (Å²) in [7, 11) is 1.57. The molecule has 0 spiro atoms. The van der Waals surface area contributed by atoms with E-state index in [4.69, 9.17) is 42.6 Å². The van der Waals surface area contributed by atoms with Crippen LogP contribution >= 0.6 is 0 Å². The quantitative estimate of drug-likeness (QED) is 0.0678. The van der Waals surface area contributed by atoms with Gasteiger partial charge in [-0.2, -0.15) is 0 Å². The molecular weight excluding hydrogens is 888 g/mol. The van der Waals surface area contributed by atoms with E-state index in [-0.39, 0.29) is 46.2 Å². The molecule has 2 aliphatic heterocycles. The molecule has 10 nitrogen and oxygen atoms in total. The van der Waals surface area contributed by atoms with Gasteiger partial charge < -0.3 is 0 Å². The first-order valence-corrected chi connectivity index (χ1v) is 24.0. The Bertz CT molecular complexity index is 2210. The molecule has 1 N–H and O–H groups in total. The molecule has 2 fully saturated rings. The fraction of sp³-hybridized carbons (Fsp3) is 0.333. The number of rotatable bonds is 22. The van der Waals surface area contributed by atoms with Crippen LogP contribution in [0, 0.1) is 0 Å². The van der Waals surface area contributed by atoms with Gasteiger partial charge in [-0.3, -0.25) is 0 Å². The van der Waals surface area contributed by atoms with Gasteiger partial charge in [0.2, 0.25) is 0 Å². The average molecular weight is 946 g/mol. The predicted molar refractivity (Wildman–Crippen MR) is 248 cm³/mol. The van der Waals surface area contributed by atoms with Crippen molar-refractivity contribution in [2.24, 2.45) is 0 Å². The van der Waals surface area contributed by atoms with Crippen LogP contribution in [0.2, 0.25) is 4.82 Å². The Hall–Kier alpha value is -4.56. The molecule has 0 aliphatic carbocycles. The van der Waals surface area contributed by atoms with Gasteiger partial charge in [-0.05, 0) is 0 Å². The molecular formula is C54H58O10Se. The molecule has 0 aromatic heterocycles. The number of methoxy groups -OCH3 is 1. The van der Waals surface area contributed by atoms with E-state index in [1.165, 1.54) is 0 Å². The third kappa shape index (κ3) is 13.5. The van der Waals surface area contributed by atoms with Crippen molar-refractivity contribution in [2.75, 3.05) is 20.3 Å². The minimum absolute atomic E-state index is 0.0395. The standard InChI is InChI=1S/C54H58O10Se/c1-56-53-51(61-36-43-28-16-6-17-29-43)49(59-34-41-24-12-4-13-25-41)47(55)45(63-53)38-62-54-52(65-44-30-18-7-19-31-44)50(60-35-42-26-14-5-15-27-42)48(58-33-40-22-10-3-11-23-40)46(64-54)37-57-32-39-20-8-2-9-21-39/h2-31,45-55H,32-38H2,1H3/t45?,46?,47-,48-,49?,50?,51?,52?,53+,54+/m1/s1. The van der Waals surface area contributed by atoms with Crippen molar-refractivity contribution in [3.63, 3.8) is 0 Å². The van der Waals surface area contributed by atoms with E-state index >= 15 is 0 Å². The Balaban J connectivity index is 1.08. The van der Waals surface area contributed by atoms with Gasteiger partial charge in [-0.1, -0.05) is 24.3 Å². The molecule has 2 aliphatic rings. The van der Waals surface area contributed by atoms with Crippen LogP contribution in [0.25, 0.3) is 0 Å². The van der Waals surface area contributed by atoms with Crippen LogP contribution in [-0.2, 0) is 75.7 Å². The number of hydrogen-bond acceptors (Lipinski definition) is 10. The topological polar surface area (TPSA) is 103 Å². The van der Waals surface area contributed by atoms with Crippen molar-refractivity contribution in [3.05, 3.63) is 210 Å². The maximum absolute atomic E-state index is 12.2. The first-order chi connectivity index (χ1) is 32.1. The van der Waals surface area contributed by atoms with Crippen molar-refractivity contribution in [1.82, 2.24) is 0 Å². The summed E-state index contributed by atoms with van der Waals surface area (Å²) in [5.41, 5.74) is 5.06. The van der Waals surface area contributed by atoms with Gasteiger partial charge in [0.1, 0.15) is 0 Å². The second-order valence-corrected chi connectivity index (χ2v) is 18.7. The number of aliphatic hydroxyl groups excluding tert-OH is 1. The summed E-state index contributed by atoms with van der Waals surface area (Å²) in [5, 5.41) is 12.2. The van der Waals surface area contributed by atoms with Crippen LogP contribution in [0.15, 0.2) is 182 Å². The summed E-state index contributed by atoms with van der Waals surface area (Å²) in [6.45, 7) is 1.80. The van der Waals surface area contributed by atoms with Crippen molar-refractivity contribution >= 4 is 19.4 Å². The number of ether oxygens (including phenoxy) is 9. The van der Waals surface area contributed by atoms with Crippen LogP contribution in [0.5, 0.6) is 0 Å². The fourth-order valence-electron chi connectivity index (χ4n) is 8.03. The van der Waals surface area contributed by atoms with Gasteiger partial charge >= 0.3 is 366 Å². The van der Waals surface area contributed by atoms with E-state index < -0.39 is 55.3 Å². The first kappa shape index (κ1) is 47.0. The van der Waals surface area contributed by atoms with Gasteiger partial charge in [-0.15, -0.1) is 0 Å². The van der Waals surface area contributed by atoms with Crippen molar-refractivity contribution < 1.29 is 47.7 Å². The Kier molecular flexibility index (Phi) is 17.9. The van der Waals surface area contributed by atoms with E-state index in [1.807, 2.05) is 146 Å². The molecule has 0 radical (unpaired) electrons. The fourth-order valence-corrected chi connectivity index (χ4v) is 10.7. The van der Waals surface area contributed by atoms with E-state index in [2.05, 4.69) is 36.4 Å². The van der Waals surface area contributed by atoms with Crippen LogP contribution in [-0.4, -0.2) is 95.7 Å². The minimum Gasteiger partial charge on any atom is -0.0622 e. The van der Waals surface area contributed by atoms with Crippen LogP contribution in [0.4, 0.5) is 0 Å². The monoisotopic (exact) mass is 946 g/mol. The molecule has 2 saturated heterocycles. The molecule has 6 aromatic carbocycles. The van der Waals surface area contributed by atoms with E-state index in [0.717, 1.165) is 32.3 Å². The SMILES string of the molecule is CO[C@H]1OC(CO[C@H]2OC(COCc3ccccc3)[C@@H](OCc3ccccc3)C(OCc3ccccc3)C2[Se]c2ccccc2)[C@@H](O)C(OCc2ccccc2)C1OCc1ccccc1. The summed E-state index contributed by atoms with van der Waals surface area (Å²) in [4.78, 5) is -0.300. The van der Waals surface area contributed by atoms with E-state index in [0.29, 0.717) is 19.8 Å². The molecule has 6 aromatic rings. The molecule has 65 heavy (non-hydrogen) atoms. The van der Waals surface area contributed by atoms with Crippen LogP contribution in [0.3, 0.4) is 0 Å². The zero-order valence-electron chi connectivity index (χ0n) is 36.6. The third-order valence-corrected chi connectivity index (χ3v) is 14.2. The summed E-state index contributed by atoms with van der Waals surface area (Å²) in [6, 6.07) is 60.4. The van der Waals surface area contributed by atoms with Gasteiger partial charge in [0, 0.05) is 0 Å². The number of benzene rings is 6. The second kappa shape index (κ2) is 24.8. The molecule has 10 atom stereocenters. The van der Waals surface area contributed by atoms with E-state index in [1.54, 1.807) is 7.11 Å². The van der Waals surface area contributed by atoms with Gasteiger partial charge in [0.25, 0.3) is 0 Å². The Morgan fingerprint density at radius 1 is 0.415 bits per heavy atom. The first-order valence-electron chi connectivity index (χ1n) is 22.2. The Labute approximate surface area is 388 Å². The van der Waals surface area contributed by atoms with Crippen LogP contribution in [0.1, 0.15) is 27.8 Å². The summed E-state index contributed by atoms with van der Waals surface area (Å²) < 4.78 is 60.9. The van der Waals surface area contributed by atoms with E-state index in [9.17, 15) is 5.11 Å². The molecule has 6 unspecified atom stereocenters. The molecule has 2 heterocycles. The smallest absolute Gasteiger partial charge is 0.0622 e. The minimum atomic E-state index is -1.15. The van der Waals surface area contributed by atoms with Crippen molar-refractivity contribution in [3.8, 4) is 0 Å². The number of hydrogen-bond donors (Lipinski definition) is 1. The number of aliphatic hydroxyl groups is 1. The molecule has 0 saturated carbocycles. The zero-order valence-corrected chi connectivity index (χ0v) is 38.3. The predicted octanol–water partition coefficient (Wildman–Crippen LogP) is 7.84. The molecule has 0 bridgehead atoms. The van der Waals surface area contributed by atoms with Crippen molar-refractivity contribution in [2.45, 2.75) is 93.2 Å². The molecule has 340 valence electrons. The summed E-state index contributed by atoms with van der Waals surface area (Å²) in [5.74, 6) is 0. The van der Waals surface area contributed by atoms with Crippen LogP contribution < -0.4 is 4.46 Å². The Morgan fingerprint density at radius 3 is 1.29 bits per heavy atom. The normalized spacial score (nSPS) is 25.6.